The zero-order valence-electron chi connectivity index (χ0n) is 7.97. The molecule has 0 saturated heterocycles. The van der Waals surface area contributed by atoms with Gasteiger partial charge in [-0.15, -0.1) is 10.2 Å². The lowest BCUT2D eigenvalue weighted by molar-refractivity contribution is 0.0654. The van der Waals surface area contributed by atoms with Crippen molar-refractivity contribution < 1.29 is 14.3 Å². The molecule has 0 spiro atoms. The first-order valence-corrected chi connectivity index (χ1v) is 4.30. The molecule has 2 aromatic rings. The van der Waals surface area contributed by atoms with E-state index in [1.165, 1.54) is 0 Å². The number of rotatable bonds is 2. The summed E-state index contributed by atoms with van der Waals surface area (Å²) in [7, 11) is 0. The molecule has 0 aliphatic rings. The van der Waals surface area contributed by atoms with Gasteiger partial charge in [-0.3, -0.25) is 0 Å². The van der Waals surface area contributed by atoms with Crippen LogP contribution in [0.5, 0.6) is 0 Å². The number of nitrogens with zero attached hydrogens (tertiary/aromatic N) is 2. The number of carbonyl (C=O) groups is 1. The van der Waals surface area contributed by atoms with E-state index in [4.69, 9.17) is 9.52 Å². The minimum atomic E-state index is -1.22. The van der Waals surface area contributed by atoms with Gasteiger partial charge in [-0.1, -0.05) is 17.7 Å². The number of aryl methyl sites for hydroxylation is 1. The van der Waals surface area contributed by atoms with Gasteiger partial charge >= 0.3 is 11.9 Å². The molecule has 76 valence electrons. The van der Waals surface area contributed by atoms with Gasteiger partial charge in [-0.25, -0.2) is 4.79 Å². The predicted octanol–water partition coefficient (Wildman–Crippen LogP) is 1.74. The molecule has 1 aromatic carbocycles. The molecular formula is C10H8N2O3. The van der Waals surface area contributed by atoms with E-state index in [0.29, 0.717) is 5.56 Å². The van der Waals surface area contributed by atoms with E-state index in [1.807, 2.05) is 19.1 Å². The van der Waals surface area contributed by atoms with E-state index in [1.54, 1.807) is 12.1 Å². The standard InChI is InChI=1S/C10H8N2O3/c1-6-2-4-7(5-3-6)8-11-12-9(15-8)10(13)14/h2-5H,1H3,(H,13,14). The molecule has 0 aliphatic carbocycles. The second-order valence-corrected chi connectivity index (χ2v) is 3.08. The Morgan fingerprint density at radius 3 is 2.47 bits per heavy atom. The van der Waals surface area contributed by atoms with Crippen molar-refractivity contribution in [1.82, 2.24) is 10.2 Å². The molecule has 1 N–H and O–H groups in total. The van der Waals surface area contributed by atoms with Crippen LogP contribution < -0.4 is 0 Å². The minimum absolute atomic E-state index is 0.215. The highest BCUT2D eigenvalue weighted by Gasteiger charge is 2.13. The lowest BCUT2D eigenvalue weighted by Crippen LogP contribution is -1.95. The van der Waals surface area contributed by atoms with Gasteiger partial charge in [0.05, 0.1) is 0 Å². The molecule has 0 amide bonds. The van der Waals surface area contributed by atoms with Gasteiger partial charge in [0.1, 0.15) is 0 Å². The largest absolute Gasteiger partial charge is 0.474 e. The molecule has 0 unspecified atom stereocenters. The summed E-state index contributed by atoms with van der Waals surface area (Å²) in [5.41, 5.74) is 1.82. The van der Waals surface area contributed by atoms with Crippen molar-refractivity contribution >= 4 is 5.97 Å². The van der Waals surface area contributed by atoms with E-state index in [9.17, 15) is 4.79 Å². The Morgan fingerprint density at radius 1 is 1.27 bits per heavy atom. The first kappa shape index (κ1) is 9.39. The Morgan fingerprint density at radius 2 is 1.93 bits per heavy atom. The van der Waals surface area contributed by atoms with Crippen molar-refractivity contribution in [1.29, 1.82) is 0 Å². The summed E-state index contributed by atoms with van der Waals surface area (Å²) < 4.78 is 4.95. The highest BCUT2D eigenvalue weighted by molar-refractivity contribution is 5.82. The average molecular weight is 204 g/mol. The van der Waals surface area contributed by atoms with Crippen molar-refractivity contribution in [3.05, 3.63) is 35.7 Å². The van der Waals surface area contributed by atoms with Crippen LogP contribution in [-0.4, -0.2) is 21.3 Å². The molecule has 0 bridgehead atoms. The SMILES string of the molecule is Cc1ccc(-c2nnc(C(=O)O)o2)cc1. The quantitative estimate of drug-likeness (QED) is 0.806. The van der Waals surface area contributed by atoms with Gasteiger partial charge in [-0.05, 0) is 19.1 Å². The second kappa shape index (κ2) is 3.53. The van der Waals surface area contributed by atoms with Crippen molar-refractivity contribution in [3.63, 3.8) is 0 Å². The Kier molecular flexibility index (Phi) is 2.21. The van der Waals surface area contributed by atoms with Gasteiger partial charge in [-0.2, -0.15) is 0 Å². The Labute approximate surface area is 85.4 Å². The number of carboxylic acids is 1. The number of benzene rings is 1. The zero-order valence-corrected chi connectivity index (χ0v) is 7.97. The van der Waals surface area contributed by atoms with Crippen molar-refractivity contribution in [3.8, 4) is 11.5 Å². The summed E-state index contributed by atoms with van der Waals surface area (Å²) in [6.07, 6.45) is 0. The zero-order chi connectivity index (χ0) is 10.8. The van der Waals surface area contributed by atoms with Crippen LogP contribution in [-0.2, 0) is 0 Å². The smallest absolute Gasteiger partial charge is 0.393 e. The van der Waals surface area contributed by atoms with E-state index >= 15 is 0 Å². The maximum Gasteiger partial charge on any atom is 0.393 e. The molecule has 0 aliphatic heterocycles. The van der Waals surface area contributed by atoms with Crippen LogP contribution in [0, 0.1) is 6.92 Å². The molecule has 2 rings (SSSR count). The number of aromatic nitrogens is 2. The van der Waals surface area contributed by atoms with Gasteiger partial charge in [0.2, 0.25) is 5.89 Å². The molecule has 15 heavy (non-hydrogen) atoms. The number of carboxylic acid groups (broad SMARTS) is 1. The van der Waals surface area contributed by atoms with Crippen molar-refractivity contribution in [2.45, 2.75) is 6.92 Å². The lowest BCUT2D eigenvalue weighted by Gasteiger charge is -1.94. The van der Waals surface area contributed by atoms with E-state index in [-0.39, 0.29) is 5.89 Å². The molecule has 1 heterocycles. The van der Waals surface area contributed by atoms with E-state index in [2.05, 4.69) is 10.2 Å². The molecular weight excluding hydrogens is 196 g/mol. The third kappa shape index (κ3) is 1.85. The monoisotopic (exact) mass is 204 g/mol. The van der Waals surface area contributed by atoms with Crippen molar-refractivity contribution in [2.75, 3.05) is 0 Å². The maximum absolute atomic E-state index is 10.5. The number of aromatic carboxylic acids is 1. The first-order chi connectivity index (χ1) is 7.16. The summed E-state index contributed by atoms with van der Waals surface area (Å²) in [4.78, 5) is 10.5. The fourth-order valence-corrected chi connectivity index (χ4v) is 1.12. The highest BCUT2D eigenvalue weighted by atomic mass is 16.4. The summed E-state index contributed by atoms with van der Waals surface area (Å²) >= 11 is 0. The second-order valence-electron chi connectivity index (χ2n) is 3.08. The molecule has 1 aromatic heterocycles. The van der Waals surface area contributed by atoms with Crippen molar-refractivity contribution in [2.24, 2.45) is 0 Å². The lowest BCUT2D eigenvalue weighted by atomic mass is 10.1. The van der Waals surface area contributed by atoms with Gasteiger partial charge in [0.15, 0.2) is 0 Å². The topological polar surface area (TPSA) is 76.2 Å². The third-order valence-electron chi connectivity index (χ3n) is 1.91. The summed E-state index contributed by atoms with van der Waals surface area (Å²) in [5, 5.41) is 15.6. The van der Waals surface area contributed by atoms with Crippen LogP contribution >= 0.6 is 0 Å². The molecule has 0 fully saturated rings. The Hall–Kier alpha value is -2.17. The Balaban J connectivity index is 2.37. The first-order valence-electron chi connectivity index (χ1n) is 4.30. The fourth-order valence-electron chi connectivity index (χ4n) is 1.12. The third-order valence-corrected chi connectivity index (χ3v) is 1.91. The summed E-state index contributed by atoms with van der Waals surface area (Å²) in [6.45, 7) is 1.96. The molecule has 0 radical (unpaired) electrons. The van der Waals surface area contributed by atoms with Crippen LogP contribution in [0.15, 0.2) is 28.7 Å². The van der Waals surface area contributed by atoms with Crippen LogP contribution in [0.1, 0.15) is 16.2 Å². The molecule has 0 atom stereocenters. The predicted molar refractivity (Wildman–Crippen MR) is 51.4 cm³/mol. The fraction of sp³-hybridized carbons (Fsp3) is 0.100. The van der Waals surface area contributed by atoms with E-state index < -0.39 is 11.9 Å². The van der Waals surface area contributed by atoms with Gasteiger partial charge < -0.3 is 9.52 Å². The number of hydrogen-bond donors (Lipinski definition) is 1. The van der Waals surface area contributed by atoms with Crippen LogP contribution in [0.3, 0.4) is 0 Å². The molecule has 5 nitrogen and oxygen atoms in total. The average Bonchev–Trinajstić information content (AvgIpc) is 2.68. The summed E-state index contributed by atoms with van der Waals surface area (Å²) in [5.74, 6) is -1.40. The maximum atomic E-state index is 10.5. The Bertz CT molecular complexity index is 488. The van der Waals surface area contributed by atoms with Crippen LogP contribution in [0.25, 0.3) is 11.5 Å². The number of hydrogen-bond acceptors (Lipinski definition) is 4. The molecule has 5 heteroatoms. The van der Waals surface area contributed by atoms with Crippen LogP contribution in [0.4, 0.5) is 0 Å². The summed E-state index contributed by atoms with van der Waals surface area (Å²) in [6, 6.07) is 7.38. The minimum Gasteiger partial charge on any atom is -0.474 e. The van der Waals surface area contributed by atoms with Gasteiger partial charge in [0, 0.05) is 5.56 Å². The van der Waals surface area contributed by atoms with Crippen LogP contribution in [0.2, 0.25) is 0 Å². The normalized spacial score (nSPS) is 10.2. The molecule has 0 saturated carbocycles. The van der Waals surface area contributed by atoms with Gasteiger partial charge in [0.25, 0.3) is 0 Å². The highest BCUT2D eigenvalue weighted by Crippen LogP contribution is 2.17. The van der Waals surface area contributed by atoms with E-state index in [0.717, 1.165) is 5.56 Å².